The Morgan fingerprint density at radius 3 is 2.47 bits per heavy atom. The highest BCUT2D eigenvalue weighted by Crippen LogP contribution is 2.30. The van der Waals surface area contributed by atoms with E-state index in [1.54, 1.807) is 0 Å². The summed E-state index contributed by atoms with van der Waals surface area (Å²) < 4.78 is 6.75. The Balaban J connectivity index is 2.15. The van der Waals surface area contributed by atoms with Crippen LogP contribution >= 0.6 is 27.5 Å². The Bertz CT molecular complexity index is 555. The van der Waals surface area contributed by atoms with Gasteiger partial charge in [0.2, 0.25) is 0 Å². The molecule has 2 aromatic rings. The zero-order valence-corrected chi connectivity index (χ0v) is 12.9. The van der Waals surface area contributed by atoms with Crippen LogP contribution in [-0.4, -0.2) is 6.04 Å². The predicted octanol–water partition coefficient (Wildman–Crippen LogP) is 4.78. The minimum Gasteiger partial charge on any atom is -0.456 e. The summed E-state index contributed by atoms with van der Waals surface area (Å²) in [6, 6.07) is 13.5. The fourth-order valence-corrected chi connectivity index (χ4v) is 2.26. The van der Waals surface area contributed by atoms with E-state index >= 15 is 0 Å². The molecule has 1 atom stereocenters. The SMILES string of the molecule is CC(N)Cc1ccc(Oc2ccc(Br)cc2)c(Cl)c1. The van der Waals surface area contributed by atoms with Crippen molar-refractivity contribution >= 4 is 27.5 Å². The second kappa shape index (κ2) is 6.42. The molecule has 0 bridgehead atoms. The molecule has 0 fully saturated rings. The maximum Gasteiger partial charge on any atom is 0.146 e. The average molecular weight is 341 g/mol. The third-order valence-corrected chi connectivity index (χ3v) is 3.42. The molecule has 1 unspecified atom stereocenters. The van der Waals surface area contributed by atoms with Gasteiger partial charge >= 0.3 is 0 Å². The van der Waals surface area contributed by atoms with Crippen LogP contribution < -0.4 is 10.5 Å². The molecule has 0 aliphatic rings. The van der Waals surface area contributed by atoms with Crippen molar-refractivity contribution in [3.63, 3.8) is 0 Å². The lowest BCUT2D eigenvalue weighted by atomic mass is 10.1. The van der Waals surface area contributed by atoms with E-state index in [1.165, 1.54) is 0 Å². The molecule has 0 saturated heterocycles. The summed E-state index contributed by atoms with van der Waals surface area (Å²) in [6.07, 6.45) is 0.804. The number of ether oxygens (including phenoxy) is 1. The molecule has 2 rings (SSSR count). The highest BCUT2D eigenvalue weighted by atomic mass is 79.9. The summed E-state index contributed by atoms with van der Waals surface area (Å²) in [7, 11) is 0. The lowest BCUT2D eigenvalue weighted by Gasteiger charge is -2.10. The van der Waals surface area contributed by atoms with Crippen molar-refractivity contribution in [2.75, 3.05) is 0 Å². The number of nitrogens with two attached hydrogens (primary N) is 1. The van der Waals surface area contributed by atoms with Gasteiger partial charge in [-0.2, -0.15) is 0 Å². The van der Waals surface area contributed by atoms with Crippen molar-refractivity contribution in [2.45, 2.75) is 19.4 Å². The maximum atomic E-state index is 6.22. The van der Waals surface area contributed by atoms with Crippen LogP contribution in [0.5, 0.6) is 11.5 Å². The molecule has 2 nitrogen and oxygen atoms in total. The Labute approximate surface area is 126 Å². The topological polar surface area (TPSA) is 35.2 Å². The van der Waals surface area contributed by atoms with Gasteiger partial charge in [0.15, 0.2) is 0 Å². The van der Waals surface area contributed by atoms with Crippen molar-refractivity contribution in [3.8, 4) is 11.5 Å². The van der Waals surface area contributed by atoms with Crippen LogP contribution in [0.3, 0.4) is 0 Å². The summed E-state index contributed by atoms with van der Waals surface area (Å²) in [5.41, 5.74) is 6.89. The first-order valence-electron chi connectivity index (χ1n) is 6.02. The minimum absolute atomic E-state index is 0.120. The number of hydrogen-bond donors (Lipinski definition) is 1. The first-order chi connectivity index (χ1) is 9.04. The Kier molecular flexibility index (Phi) is 4.86. The van der Waals surface area contributed by atoms with E-state index in [0.29, 0.717) is 10.8 Å². The molecule has 0 spiro atoms. The zero-order chi connectivity index (χ0) is 13.8. The summed E-state index contributed by atoms with van der Waals surface area (Å²) >= 11 is 9.60. The third-order valence-electron chi connectivity index (χ3n) is 2.60. The molecule has 0 aromatic heterocycles. The van der Waals surface area contributed by atoms with E-state index in [9.17, 15) is 0 Å². The van der Waals surface area contributed by atoms with Gasteiger partial charge in [0.1, 0.15) is 11.5 Å². The highest BCUT2D eigenvalue weighted by molar-refractivity contribution is 9.10. The minimum atomic E-state index is 0.120. The predicted molar refractivity (Wildman–Crippen MR) is 83.0 cm³/mol. The van der Waals surface area contributed by atoms with Crippen molar-refractivity contribution in [2.24, 2.45) is 5.73 Å². The second-order valence-electron chi connectivity index (χ2n) is 4.50. The fraction of sp³-hybridized carbons (Fsp3) is 0.200. The summed E-state index contributed by atoms with van der Waals surface area (Å²) in [6.45, 7) is 1.97. The van der Waals surface area contributed by atoms with Crippen LogP contribution in [0.4, 0.5) is 0 Å². The van der Waals surface area contributed by atoms with Crippen molar-refractivity contribution < 1.29 is 4.74 Å². The molecular formula is C15H15BrClNO. The van der Waals surface area contributed by atoms with Crippen LogP contribution in [0.25, 0.3) is 0 Å². The monoisotopic (exact) mass is 339 g/mol. The van der Waals surface area contributed by atoms with E-state index < -0.39 is 0 Å². The smallest absolute Gasteiger partial charge is 0.146 e. The first kappa shape index (κ1) is 14.4. The molecule has 100 valence electrons. The van der Waals surface area contributed by atoms with Gasteiger partial charge < -0.3 is 10.5 Å². The molecule has 0 amide bonds. The first-order valence-corrected chi connectivity index (χ1v) is 7.19. The van der Waals surface area contributed by atoms with Crippen LogP contribution in [-0.2, 0) is 6.42 Å². The Hall–Kier alpha value is -1.03. The van der Waals surface area contributed by atoms with Gasteiger partial charge in [-0.1, -0.05) is 33.6 Å². The Morgan fingerprint density at radius 1 is 1.21 bits per heavy atom. The summed E-state index contributed by atoms with van der Waals surface area (Å²) in [5.74, 6) is 1.41. The summed E-state index contributed by atoms with van der Waals surface area (Å²) in [4.78, 5) is 0. The van der Waals surface area contributed by atoms with Crippen molar-refractivity contribution in [1.82, 2.24) is 0 Å². The quantitative estimate of drug-likeness (QED) is 0.869. The van der Waals surface area contributed by atoms with Gasteiger partial charge in [0, 0.05) is 10.5 Å². The molecule has 0 aliphatic heterocycles. The standard InChI is InChI=1S/C15H15BrClNO/c1-10(18)8-11-2-7-15(14(17)9-11)19-13-5-3-12(16)4-6-13/h2-7,9-10H,8,18H2,1H3. The molecule has 0 saturated carbocycles. The second-order valence-corrected chi connectivity index (χ2v) is 5.83. The molecule has 2 aromatic carbocycles. The van der Waals surface area contributed by atoms with E-state index in [-0.39, 0.29) is 6.04 Å². The number of benzene rings is 2. The van der Waals surface area contributed by atoms with E-state index in [1.807, 2.05) is 49.4 Å². The van der Waals surface area contributed by atoms with E-state index in [2.05, 4.69) is 15.9 Å². The molecule has 4 heteroatoms. The van der Waals surface area contributed by atoms with Crippen LogP contribution in [0, 0.1) is 0 Å². The molecule has 0 radical (unpaired) electrons. The maximum absolute atomic E-state index is 6.22. The summed E-state index contributed by atoms with van der Waals surface area (Å²) in [5, 5.41) is 0.598. The zero-order valence-electron chi connectivity index (χ0n) is 10.6. The van der Waals surface area contributed by atoms with Gasteiger partial charge in [-0.05, 0) is 55.3 Å². The van der Waals surface area contributed by atoms with Gasteiger partial charge in [0.25, 0.3) is 0 Å². The lowest BCUT2D eigenvalue weighted by molar-refractivity contribution is 0.482. The van der Waals surface area contributed by atoms with Crippen LogP contribution in [0.15, 0.2) is 46.9 Å². The molecule has 2 N–H and O–H groups in total. The molecule has 0 aliphatic carbocycles. The normalized spacial score (nSPS) is 12.2. The lowest BCUT2D eigenvalue weighted by Crippen LogP contribution is -2.17. The van der Waals surface area contributed by atoms with Crippen molar-refractivity contribution in [3.05, 3.63) is 57.5 Å². The number of hydrogen-bond acceptors (Lipinski definition) is 2. The fourth-order valence-electron chi connectivity index (χ4n) is 1.76. The molecule has 19 heavy (non-hydrogen) atoms. The van der Waals surface area contributed by atoms with E-state index in [4.69, 9.17) is 22.1 Å². The molecular weight excluding hydrogens is 326 g/mol. The average Bonchev–Trinajstić information content (AvgIpc) is 2.34. The van der Waals surface area contributed by atoms with E-state index in [0.717, 1.165) is 22.2 Å². The number of rotatable bonds is 4. The molecule has 0 heterocycles. The van der Waals surface area contributed by atoms with Crippen molar-refractivity contribution in [1.29, 1.82) is 0 Å². The van der Waals surface area contributed by atoms with Gasteiger partial charge in [-0.25, -0.2) is 0 Å². The van der Waals surface area contributed by atoms with Gasteiger partial charge in [-0.3, -0.25) is 0 Å². The van der Waals surface area contributed by atoms with Gasteiger partial charge in [-0.15, -0.1) is 0 Å². The third kappa shape index (κ3) is 4.23. The van der Waals surface area contributed by atoms with Crippen LogP contribution in [0.1, 0.15) is 12.5 Å². The number of halogens is 2. The van der Waals surface area contributed by atoms with Crippen LogP contribution in [0.2, 0.25) is 5.02 Å². The largest absolute Gasteiger partial charge is 0.456 e. The van der Waals surface area contributed by atoms with Gasteiger partial charge in [0.05, 0.1) is 5.02 Å². The highest BCUT2D eigenvalue weighted by Gasteiger charge is 2.06. The Morgan fingerprint density at radius 2 is 1.89 bits per heavy atom.